The number of likely N-dealkylation sites (tertiary alicyclic amines) is 1. The molecule has 2 aromatic rings. The molecule has 0 radical (unpaired) electrons. The molecule has 5 nitrogen and oxygen atoms in total. The summed E-state index contributed by atoms with van der Waals surface area (Å²) in [5.74, 6) is 0.543. The molecule has 2 aliphatic rings. The highest BCUT2D eigenvalue weighted by Crippen LogP contribution is 2.42. The topological polar surface area (TPSA) is 47.5 Å². The van der Waals surface area contributed by atoms with Gasteiger partial charge in [0.2, 0.25) is 0 Å². The summed E-state index contributed by atoms with van der Waals surface area (Å²) >= 11 is 0. The predicted octanol–water partition coefficient (Wildman–Crippen LogP) is 2.45. The van der Waals surface area contributed by atoms with Crippen LogP contribution in [0.15, 0.2) is 42.6 Å². The summed E-state index contributed by atoms with van der Waals surface area (Å²) in [5.41, 5.74) is 3.26. The van der Waals surface area contributed by atoms with Gasteiger partial charge < -0.3 is 9.47 Å². The molecule has 0 N–H and O–H groups in total. The van der Waals surface area contributed by atoms with E-state index in [0.29, 0.717) is 12.5 Å². The molecule has 0 aliphatic carbocycles. The molecule has 0 saturated carbocycles. The van der Waals surface area contributed by atoms with E-state index in [1.807, 2.05) is 37.4 Å². The lowest BCUT2D eigenvalue weighted by molar-refractivity contribution is 0.0170. The van der Waals surface area contributed by atoms with Gasteiger partial charge >= 0.3 is 0 Å². The Morgan fingerprint density at radius 1 is 1.24 bits per heavy atom. The van der Waals surface area contributed by atoms with Crippen molar-refractivity contribution in [3.8, 4) is 0 Å². The van der Waals surface area contributed by atoms with Gasteiger partial charge in [-0.1, -0.05) is 12.1 Å². The van der Waals surface area contributed by atoms with E-state index in [0.717, 1.165) is 56.5 Å². The van der Waals surface area contributed by atoms with Crippen molar-refractivity contribution in [3.05, 3.63) is 59.7 Å². The van der Waals surface area contributed by atoms with Gasteiger partial charge in [0.15, 0.2) is 0 Å². The van der Waals surface area contributed by atoms with Crippen molar-refractivity contribution >= 4 is 0 Å². The second kappa shape index (κ2) is 7.20. The number of nitrogens with zero attached hydrogens (tertiary/aromatic N) is 3. The zero-order valence-corrected chi connectivity index (χ0v) is 14.7. The summed E-state index contributed by atoms with van der Waals surface area (Å²) in [6.45, 7) is 7.90. The Balaban J connectivity index is 1.36. The minimum absolute atomic E-state index is 0.110. The standard InChI is InChI=1S/C20H25N3O2/c1-16-5-4-7-19(22-16)12-25-15-20-13-23(9-17(20)11-24-14-20)10-18-6-2-3-8-21-18/h2-8,17H,9-15H2,1H3/t17-,20+/m1/s1. The highest BCUT2D eigenvalue weighted by atomic mass is 16.5. The first-order chi connectivity index (χ1) is 12.2. The van der Waals surface area contributed by atoms with Crippen molar-refractivity contribution in [1.29, 1.82) is 0 Å². The van der Waals surface area contributed by atoms with E-state index >= 15 is 0 Å². The van der Waals surface area contributed by atoms with E-state index in [4.69, 9.17) is 9.47 Å². The number of ether oxygens (including phenoxy) is 2. The number of aromatic nitrogens is 2. The molecule has 2 aromatic heterocycles. The molecular weight excluding hydrogens is 314 g/mol. The van der Waals surface area contributed by atoms with Gasteiger partial charge in [0.25, 0.3) is 0 Å². The van der Waals surface area contributed by atoms with E-state index in [1.54, 1.807) is 0 Å². The summed E-state index contributed by atoms with van der Waals surface area (Å²) in [6.07, 6.45) is 1.86. The van der Waals surface area contributed by atoms with Crippen LogP contribution in [-0.2, 0) is 22.6 Å². The minimum Gasteiger partial charge on any atom is -0.380 e. The maximum Gasteiger partial charge on any atom is 0.0888 e. The van der Waals surface area contributed by atoms with Gasteiger partial charge in [-0.3, -0.25) is 14.9 Å². The number of aryl methyl sites for hydroxylation is 1. The normalized spacial score (nSPS) is 26.0. The monoisotopic (exact) mass is 339 g/mol. The van der Waals surface area contributed by atoms with E-state index in [-0.39, 0.29) is 5.41 Å². The molecular formula is C20H25N3O2. The lowest BCUT2D eigenvalue weighted by Crippen LogP contribution is -2.35. The van der Waals surface area contributed by atoms with Gasteiger partial charge in [-0.2, -0.15) is 0 Å². The van der Waals surface area contributed by atoms with Crippen LogP contribution in [0.1, 0.15) is 17.1 Å². The molecule has 0 amide bonds. The van der Waals surface area contributed by atoms with Crippen LogP contribution in [0.3, 0.4) is 0 Å². The Hall–Kier alpha value is -1.82. The molecule has 5 heteroatoms. The van der Waals surface area contributed by atoms with Crippen molar-refractivity contribution in [1.82, 2.24) is 14.9 Å². The first-order valence-corrected chi connectivity index (χ1v) is 8.94. The number of rotatable bonds is 6. The largest absolute Gasteiger partial charge is 0.380 e. The van der Waals surface area contributed by atoms with Crippen LogP contribution in [0.5, 0.6) is 0 Å². The summed E-state index contributed by atoms with van der Waals surface area (Å²) in [5, 5.41) is 0. The maximum absolute atomic E-state index is 6.08. The van der Waals surface area contributed by atoms with Crippen molar-refractivity contribution in [2.24, 2.45) is 11.3 Å². The van der Waals surface area contributed by atoms with Crippen molar-refractivity contribution in [2.75, 3.05) is 32.9 Å². The van der Waals surface area contributed by atoms with Gasteiger partial charge in [-0.05, 0) is 31.2 Å². The molecule has 2 saturated heterocycles. The van der Waals surface area contributed by atoms with E-state index in [1.165, 1.54) is 0 Å². The van der Waals surface area contributed by atoms with Gasteiger partial charge in [0, 0.05) is 42.9 Å². The van der Waals surface area contributed by atoms with Crippen LogP contribution in [-0.4, -0.2) is 47.8 Å². The van der Waals surface area contributed by atoms with Crippen molar-refractivity contribution in [3.63, 3.8) is 0 Å². The number of pyridine rings is 2. The molecule has 25 heavy (non-hydrogen) atoms. The zero-order chi connectivity index (χ0) is 17.1. The molecule has 132 valence electrons. The Bertz CT molecular complexity index is 709. The fraction of sp³-hybridized carbons (Fsp3) is 0.500. The fourth-order valence-corrected chi connectivity index (χ4v) is 4.03. The van der Waals surface area contributed by atoms with Crippen LogP contribution in [0.25, 0.3) is 0 Å². The smallest absolute Gasteiger partial charge is 0.0888 e. The third kappa shape index (κ3) is 3.73. The maximum atomic E-state index is 6.08. The van der Waals surface area contributed by atoms with Gasteiger partial charge in [0.05, 0.1) is 37.8 Å². The first-order valence-electron chi connectivity index (χ1n) is 8.94. The molecule has 2 fully saturated rings. The van der Waals surface area contributed by atoms with E-state index in [2.05, 4.69) is 27.0 Å². The lowest BCUT2D eigenvalue weighted by Gasteiger charge is -2.27. The van der Waals surface area contributed by atoms with E-state index in [9.17, 15) is 0 Å². The highest BCUT2D eigenvalue weighted by molar-refractivity contribution is 5.09. The summed E-state index contributed by atoms with van der Waals surface area (Å²) in [7, 11) is 0. The van der Waals surface area contributed by atoms with Gasteiger partial charge in [-0.25, -0.2) is 0 Å². The zero-order valence-electron chi connectivity index (χ0n) is 14.7. The average molecular weight is 339 g/mol. The molecule has 4 rings (SSSR count). The number of hydrogen-bond acceptors (Lipinski definition) is 5. The quantitative estimate of drug-likeness (QED) is 0.809. The van der Waals surface area contributed by atoms with Gasteiger partial charge in [-0.15, -0.1) is 0 Å². The van der Waals surface area contributed by atoms with Crippen LogP contribution >= 0.6 is 0 Å². The molecule has 0 spiro atoms. The molecule has 0 bridgehead atoms. The lowest BCUT2D eigenvalue weighted by atomic mass is 9.82. The first kappa shape index (κ1) is 16.6. The molecule has 2 atom stereocenters. The highest BCUT2D eigenvalue weighted by Gasteiger charge is 2.50. The third-order valence-electron chi connectivity index (χ3n) is 5.29. The predicted molar refractivity (Wildman–Crippen MR) is 94.9 cm³/mol. The van der Waals surface area contributed by atoms with Crippen molar-refractivity contribution < 1.29 is 9.47 Å². The fourth-order valence-electron chi connectivity index (χ4n) is 4.03. The summed E-state index contributed by atoms with van der Waals surface area (Å²) in [4.78, 5) is 11.5. The summed E-state index contributed by atoms with van der Waals surface area (Å²) < 4.78 is 11.9. The Morgan fingerprint density at radius 3 is 3.00 bits per heavy atom. The molecule has 2 aliphatic heterocycles. The SMILES string of the molecule is Cc1cccc(COC[C@]23COC[C@H]2CN(Cc2ccccn2)C3)n1. The molecule has 0 aromatic carbocycles. The Labute approximate surface area is 149 Å². The molecule has 4 heterocycles. The van der Waals surface area contributed by atoms with Crippen molar-refractivity contribution in [2.45, 2.75) is 20.1 Å². The Kier molecular flexibility index (Phi) is 4.79. The molecule has 0 unspecified atom stereocenters. The average Bonchev–Trinajstić information content (AvgIpc) is 3.12. The Morgan fingerprint density at radius 2 is 2.16 bits per heavy atom. The van der Waals surface area contributed by atoms with Gasteiger partial charge in [0.1, 0.15) is 0 Å². The number of fused-ring (bicyclic) bond motifs is 1. The number of hydrogen-bond donors (Lipinski definition) is 0. The second-order valence-corrected chi connectivity index (χ2v) is 7.33. The van der Waals surface area contributed by atoms with Crippen LogP contribution in [0.2, 0.25) is 0 Å². The van der Waals surface area contributed by atoms with Crippen LogP contribution in [0.4, 0.5) is 0 Å². The van der Waals surface area contributed by atoms with Crippen LogP contribution < -0.4 is 0 Å². The third-order valence-corrected chi connectivity index (χ3v) is 5.29. The second-order valence-electron chi connectivity index (χ2n) is 7.33. The van der Waals surface area contributed by atoms with Crippen LogP contribution in [0, 0.1) is 18.3 Å². The summed E-state index contributed by atoms with van der Waals surface area (Å²) in [6, 6.07) is 12.2. The minimum atomic E-state index is 0.110. The van der Waals surface area contributed by atoms with E-state index < -0.39 is 0 Å².